The summed E-state index contributed by atoms with van der Waals surface area (Å²) in [4.78, 5) is 26.3. The molecule has 0 bridgehead atoms. The van der Waals surface area contributed by atoms with Crippen LogP contribution in [0.3, 0.4) is 0 Å². The van der Waals surface area contributed by atoms with Gasteiger partial charge in [-0.15, -0.1) is 10.2 Å². The molecule has 0 aliphatic heterocycles. The fourth-order valence-corrected chi connectivity index (χ4v) is 4.04. The third-order valence-corrected chi connectivity index (χ3v) is 5.73. The van der Waals surface area contributed by atoms with E-state index in [4.69, 9.17) is 0 Å². The maximum absolute atomic E-state index is 12.3. The number of amides is 1. The van der Waals surface area contributed by atoms with Gasteiger partial charge in [-0.05, 0) is 23.5 Å². The van der Waals surface area contributed by atoms with E-state index in [0.29, 0.717) is 11.0 Å². The molecule has 11 heteroatoms. The van der Waals surface area contributed by atoms with Crippen LogP contribution in [-0.4, -0.2) is 36.3 Å². The summed E-state index contributed by atoms with van der Waals surface area (Å²) in [5.41, 5.74) is 1.78. The van der Waals surface area contributed by atoms with Crippen LogP contribution in [0, 0.1) is 10.1 Å². The number of hydrogen-bond donors (Lipinski definition) is 1. The van der Waals surface area contributed by atoms with Gasteiger partial charge in [0, 0.05) is 11.3 Å². The molecule has 30 heavy (non-hydrogen) atoms. The summed E-state index contributed by atoms with van der Waals surface area (Å²) in [6, 6.07) is 19.3. The first kappa shape index (κ1) is 19.7. The maximum Gasteiger partial charge on any atom is 0.345 e. The van der Waals surface area contributed by atoms with Crippen molar-refractivity contribution < 1.29 is 9.72 Å². The Kier molecular flexibility index (Phi) is 5.82. The second kappa shape index (κ2) is 8.84. The molecule has 9 nitrogen and oxygen atoms in total. The summed E-state index contributed by atoms with van der Waals surface area (Å²) in [5.74, 6) is 0.376. The van der Waals surface area contributed by atoms with Gasteiger partial charge in [0.1, 0.15) is 6.20 Å². The number of nitrogens with one attached hydrogen (secondary N) is 1. The number of aromatic nitrogens is 4. The molecule has 4 rings (SSSR count). The number of thioether (sulfide) groups is 1. The lowest BCUT2D eigenvalue weighted by Crippen LogP contribution is -2.14. The normalized spacial score (nSPS) is 10.7. The molecule has 0 radical (unpaired) electrons. The second-order valence-corrected chi connectivity index (χ2v) is 7.89. The van der Waals surface area contributed by atoms with Crippen LogP contribution < -0.4 is 5.32 Å². The van der Waals surface area contributed by atoms with Gasteiger partial charge in [-0.1, -0.05) is 60.3 Å². The number of thiazole rings is 1. The van der Waals surface area contributed by atoms with Crippen LogP contribution in [-0.2, 0) is 4.79 Å². The van der Waals surface area contributed by atoms with Gasteiger partial charge in [-0.2, -0.15) is 0 Å². The first-order valence-corrected chi connectivity index (χ1v) is 10.5. The molecule has 4 aromatic rings. The minimum absolute atomic E-state index is 0.0487. The van der Waals surface area contributed by atoms with Crippen LogP contribution in [0.4, 0.5) is 10.1 Å². The third-order valence-electron chi connectivity index (χ3n) is 3.93. The number of para-hydroxylation sites is 1. The van der Waals surface area contributed by atoms with E-state index in [1.54, 1.807) is 0 Å². The Morgan fingerprint density at radius 3 is 2.47 bits per heavy atom. The number of hydrogen-bond acceptors (Lipinski definition) is 8. The SMILES string of the molecule is O=C(CSc1nnc(-c2ccccc2)n1-c1ccccc1)Nc1ncc([N+](=O)[O-])s1. The summed E-state index contributed by atoms with van der Waals surface area (Å²) < 4.78 is 1.89. The topological polar surface area (TPSA) is 116 Å². The van der Waals surface area contributed by atoms with Crippen molar-refractivity contribution in [1.29, 1.82) is 0 Å². The van der Waals surface area contributed by atoms with Crippen molar-refractivity contribution in [2.24, 2.45) is 0 Å². The lowest BCUT2D eigenvalue weighted by atomic mass is 10.2. The van der Waals surface area contributed by atoms with E-state index in [1.165, 1.54) is 11.8 Å². The maximum atomic E-state index is 12.3. The number of carbonyl (C=O) groups is 1. The summed E-state index contributed by atoms with van der Waals surface area (Å²) >= 11 is 2.03. The molecule has 2 heterocycles. The third kappa shape index (κ3) is 4.36. The highest BCUT2D eigenvalue weighted by Crippen LogP contribution is 2.29. The molecular formula is C19H14N6O3S2. The molecule has 1 amide bonds. The van der Waals surface area contributed by atoms with E-state index in [2.05, 4.69) is 20.5 Å². The fraction of sp³-hybridized carbons (Fsp3) is 0.0526. The molecule has 0 atom stereocenters. The van der Waals surface area contributed by atoms with Crippen LogP contribution in [0.15, 0.2) is 72.0 Å². The first-order valence-electron chi connectivity index (χ1n) is 8.71. The van der Waals surface area contributed by atoms with E-state index in [-0.39, 0.29) is 21.8 Å². The smallest absolute Gasteiger partial charge is 0.301 e. The molecule has 0 fully saturated rings. The van der Waals surface area contributed by atoms with Crippen molar-refractivity contribution in [1.82, 2.24) is 19.7 Å². The van der Waals surface area contributed by atoms with E-state index < -0.39 is 4.92 Å². The van der Waals surface area contributed by atoms with Gasteiger partial charge < -0.3 is 5.32 Å². The molecule has 2 aromatic heterocycles. The first-order chi connectivity index (χ1) is 14.6. The molecule has 0 aliphatic carbocycles. The molecule has 0 unspecified atom stereocenters. The highest BCUT2D eigenvalue weighted by molar-refractivity contribution is 7.99. The Hall–Kier alpha value is -3.57. The average molecular weight is 438 g/mol. The van der Waals surface area contributed by atoms with Crippen LogP contribution in [0.5, 0.6) is 0 Å². The summed E-state index contributed by atoms with van der Waals surface area (Å²) in [6.07, 6.45) is 1.12. The van der Waals surface area contributed by atoms with Crippen molar-refractivity contribution in [2.45, 2.75) is 5.16 Å². The van der Waals surface area contributed by atoms with Crippen LogP contribution in [0.25, 0.3) is 17.1 Å². The zero-order valence-electron chi connectivity index (χ0n) is 15.3. The predicted octanol–water partition coefficient (Wildman–Crippen LogP) is 4.03. The minimum atomic E-state index is -0.546. The van der Waals surface area contributed by atoms with Crippen molar-refractivity contribution in [3.8, 4) is 17.1 Å². The van der Waals surface area contributed by atoms with Crippen LogP contribution in [0.1, 0.15) is 0 Å². The van der Waals surface area contributed by atoms with Gasteiger partial charge in [-0.25, -0.2) is 4.98 Å². The summed E-state index contributed by atoms with van der Waals surface area (Å²) in [5, 5.41) is 22.5. The molecular weight excluding hydrogens is 424 g/mol. The van der Waals surface area contributed by atoms with Crippen molar-refractivity contribution in [3.63, 3.8) is 0 Å². The Bertz CT molecular complexity index is 1180. The quantitative estimate of drug-likeness (QED) is 0.263. The molecule has 0 aliphatic rings. The van der Waals surface area contributed by atoms with Gasteiger partial charge in [0.15, 0.2) is 16.1 Å². The number of rotatable bonds is 7. The highest BCUT2D eigenvalue weighted by atomic mass is 32.2. The zero-order valence-corrected chi connectivity index (χ0v) is 17.0. The van der Waals surface area contributed by atoms with Gasteiger partial charge in [0.25, 0.3) is 0 Å². The van der Waals surface area contributed by atoms with E-state index in [0.717, 1.165) is 28.8 Å². The lowest BCUT2D eigenvalue weighted by molar-refractivity contribution is -0.380. The Morgan fingerprint density at radius 2 is 1.80 bits per heavy atom. The molecule has 0 spiro atoms. The van der Waals surface area contributed by atoms with Gasteiger partial charge >= 0.3 is 5.00 Å². The van der Waals surface area contributed by atoms with Gasteiger partial charge in [0.2, 0.25) is 5.91 Å². The number of nitrogens with zero attached hydrogens (tertiary/aromatic N) is 5. The van der Waals surface area contributed by atoms with Crippen molar-refractivity contribution >= 4 is 39.1 Å². The molecule has 0 saturated heterocycles. The largest absolute Gasteiger partial charge is 0.345 e. The van der Waals surface area contributed by atoms with Crippen LogP contribution >= 0.6 is 23.1 Å². The highest BCUT2D eigenvalue weighted by Gasteiger charge is 2.18. The van der Waals surface area contributed by atoms with Crippen molar-refractivity contribution in [3.05, 3.63) is 77.0 Å². The number of anilines is 1. The Balaban J connectivity index is 1.54. The van der Waals surface area contributed by atoms with Gasteiger partial charge in [-0.3, -0.25) is 19.5 Å². The Labute approximate surface area is 179 Å². The zero-order chi connectivity index (χ0) is 20.9. The monoisotopic (exact) mass is 438 g/mol. The molecule has 2 aromatic carbocycles. The predicted molar refractivity (Wildman–Crippen MR) is 115 cm³/mol. The Morgan fingerprint density at radius 1 is 1.10 bits per heavy atom. The van der Waals surface area contributed by atoms with Gasteiger partial charge in [0.05, 0.1) is 10.7 Å². The summed E-state index contributed by atoms with van der Waals surface area (Å²) in [6.45, 7) is 0. The molecule has 0 saturated carbocycles. The number of nitro groups is 1. The van der Waals surface area contributed by atoms with Crippen LogP contribution in [0.2, 0.25) is 0 Å². The lowest BCUT2D eigenvalue weighted by Gasteiger charge is -2.10. The standard InChI is InChI=1S/C19H14N6O3S2/c26-15(21-18-20-11-16(30-18)25(27)28)12-29-19-23-22-17(13-7-3-1-4-8-13)24(19)14-9-5-2-6-10-14/h1-11H,12H2,(H,20,21,26). The number of benzene rings is 2. The minimum Gasteiger partial charge on any atom is -0.301 e. The second-order valence-electron chi connectivity index (χ2n) is 5.94. The fourth-order valence-electron chi connectivity index (χ4n) is 2.64. The molecule has 1 N–H and O–H groups in total. The van der Waals surface area contributed by atoms with E-state index >= 15 is 0 Å². The average Bonchev–Trinajstić information content (AvgIpc) is 3.41. The summed E-state index contributed by atoms with van der Waals surface area (Å²) in [7, 11) is 0. The van der Waals surface area contributed by atoms with Crippen molar-refractivity contribution in [2.75, 3.05) is 11.1 Å². The molecule has 150 valence electrons. The van der Waals surface area contributed by atoms with E-state index in [1.807, 2.05) is 65.2 Å². The van der Waals surface area contributed by atoms with E-state index in [9.17, 15) is 14.9 Å². The number of carbonyl (C=O) groups excluding carboxylic acids is 1.